The molecule has 0 aromatic carbocycles. The molecule has 1 aliphatic heterocycles. The second-order valence-electron chi connectivity index (χ2n) is 4.22. The van der Waals surface area contributed by atoms with Crippen LogP contribution < -0.4 is 0 Å². The Balaban J connectivity index is 2.02. The largest absolute Gasteiger partial charge is 0.381 e. The van der Waals surface area contributed by atoms with Gasteiger partial charge in [0.15, 0.2) is 6.29 Å². The number of aliphatic hydroxyl groups is 1. The zero-order valence-electron chi connectivity index (χ0n) is 9.80. The van der Waals surface area contributed by atoms with E-state index < -0.39 is 6.29 Å². The summed E-state index contributed by atoms with van der Waals surface area (Å²) < 4.78 is 12.9. The number of halogens is 1. The van der Waals surface area contributed by atoms with E-state index in [9.17, 15) is 5.11 Å². The fourth-order valence-electron chi connectivity index (χ4n) is 1.96. The molecule has 96 valence electrons. The SMILES string of the molecule is COC(O)c1cc(Br)n(CC2CCOCC2)n1. The highest BCUT2D eigenvalue weighted by atomic mass is 79.9. The highest BCUT2D eigenvalue weighted by Crippen LogP contribution is 2.22. The van der Waals surface area contributed by atoms with Gasteiger partial charge in [-0.05, 0) is 40.8 Å². The Hall–Kier alpha value is -0.430. The van der Waals surface area contributed by atoms with Crippen molar-refractivity contribution in [2.75, 3.05) is 20.3 Å². The molecule has 0 amide bonds. The lowest BCUT2D eigenvalue weighted by atomic mass is 10.0. The number of hydrogen-bond acceptors (Lipinski definition) is 4. The molecule has 0 saturated carbocycles. The van der Waals surface area contributed by atoms with Crippen LogP contribution in [-0.2, 0) is 16.0 Å². The molecule has 0 aliphatic carbocycles. The lowest BCUT2D eigenvalue weighted by molar-refractivity contribution is -0.0802. The van der Waals surface area contributed by atoms with Gasteiger partial charge in [0.1, 0.15) is 10.3 Å². The molecule has 1 atom stereocenters. The summed E-state index contributed by atoms with van der Waals surface area (Å²) in [4.78, 5) is 0. The van der Waals surface area contributed by atoms with Crippen molar-refractivity contribution in [3.63, 3.8) is 0 Å². The van der Waals surface area contributed by atoms with Crippen LogP contribution in [0.25, 0.3) is 0 Å². The Kier molecular flexibility index (Phi) is 4.55. The highest BCUT2D eigenvalue weighted by molar-refractivity contribution is 9.10. The van der Waals surface area contributed by atoms with Gasteiger partial charge >= 0.3 is 0 Å². The fraction of sp³-hybridized carbons (Fsp3) is 0.727. The van der Waals surface area contributed by atoms with Crippen LogP contribution in [0.3, 0.4) is 0 Å². The first-order valence-electron chi connectivity index (χ1n) is 5.72. The normalized spacial score (nSPS) is 19.5. The van der Waals surface area contributed by atoms with Crippen molar-refractivity contribution in [2.24, 2.45) is 5.92 Å². The highest BCUT2D eigenvalue weighted by Gasteiger charge is 2.18. The van der Waals surface area contributed by atoms with Crippen molar-refractivity contribution >= 4 is 15.9 Å². The standard InChI is InChI=1S/C11H17BrN2O3/c1-16-11(15)9-6-10(12)14(13-9)7-8-2-4-17-5-3-8/h6,8,11,15H,2-5,7H2,1H3. The third kappa shape index (κ3) is 3.28. The van der Waals surface area contributed by atoms with Crippen LogP contribution in [0.1, 0.15) is 24.8 Å². The van der Waals surface area contributed by atoms with Crippen molar-refractivity contribution in [3.8, 4) is 0 Å². The molecule has 0 bridgehead atoms. The van der Waals surface area contributed by atoms with E-state index in [4.69, 9.17) is 9.47 Å². The number of hydrogen-bond donors (Lipinski definition) is 1. The lowest BCUT2D eigenvalue weighted by Crippen LogP contribution is -2.21. The van der Waals surface area contributed by atoms with E-state index in [-0.39, 0.29) is 0 Å². The maximum Gasteiger partial charge on any atom is 0.200 e. The Morgan fingerprint density at radius 2 is 2.35 bits per heavy atom. The van der Waals surface area contributed by atoms with E-state index in [2.05, 4.69) is 21.0 Å². The molecule has 1 aromatic rings. The third-order valence-corrected chi connectivity index (χ3v) is 3.64. The molecule has 6 heteroatoms. The first kappa shape index (κ1) is 13.0. The minimum atomic E-state index is -0.956. The summed E-state index contributed by atoms with van der Waals surface area (Å²) in [5.74, 6) is 0.590. The van der Waals surface area contributed by atoms with Gasteiger partial charge < -0.3 is 14.6 Å². The summed E-state index contributed by atoms with van der Waals surface area (Å²) in [5.41, 5.74) is 0.534. The Labute approximate surface area is 109 Å². The monoisotopic (exact) mass is 304 g/mol. The average molecular weight is 305 g/mol. The molecule has 1 aromatic heterocycles. The number of aliphatic hydroxyl groups excluding tert-OH is 1. The summed E-state index contributed by atoms with van der Waals surface area (Å²) in [6.45, 7) is 2.51. The van der Waals surface area contributed by atoms with Crippen LogP contribution in [0.2, 0.25) is 0 Å². The second-order valence-corrected chi connectivity index (χ2v) is 5.03. The molecule has 0 spiro atoms. The number of rotatable bonds is 4. The molecular weight excluding hydrogens is 288 g/mol. The van der Waals surface area contributed by atoms with Crippen LogP contribution in [0.5, 0.6) is 0 Å². The number of ether oxygens (including phenoxy) is 2. The maximum atomic E-state index is 9.53. The lowest BCUT2D eigenvalue weighted by Gasteiger charge is -2.22. The van der Waals surface area contributed by atoms with Gasteiger partial charge in [0.25, 0.3) is 0 Å². The number of nitrogens with zero attached hydrogens (tertiary/aromatic N) is 2. The predicted octanol–water partition coefficient (Wildman–Crippen LogP) is 1.71. The van der Waals surface area contributed by atoms with Crippen LogP contribution in [-0.4, -0.2) is 35.2 Å². The minimum Gasteiger partial charge on any atom is -0.381 e. The van der Waals surface area contributed by atoms with Crippen molar-refractivity contribution in [1.29, 1.82) is 0 Å². The van der Waals surface area contributed by atoms with Crippen LogP contribution in [0.4, 0.5) is 0 Å². The molecule has 0 radical (unpaired) electrons. The van der Waals surface area contributed by atoms with E-state index >= 15 is 0 Å². The molecular formula is C11H17BrN2O3. The van der Waals surface area contributed by atoms with Crippen LogP contribution >= 0.6 is 15.9 Å². The van der Waals surface area contributed by atoms with Gasteiger partial charge in [0.05, 0.1) is 0 Å². The molecule has 1 aliphatic rings. The number of aromatic nitrogens is 2. The maximum absolute atomic E-state index is 9.53. The molecule has 1 fully saturated rings. The summed E-state index contributed by atoms with van der Waals surface area (Å²) in [7, 11) is 1.45. The van der Waals surface area contributed by atoms with E-state index in [1.54, 1.807) is 6.07 Å². The fourth-order valence-corrected chi connectivity index (χ4v) is 2.41. The first-order valence-corrected chi connectivity index (χ1v) is 6.52. The first-order chi connectivity index (χ1) is 8.20. The van der Waals surface area contributed by atoms with Crippen molar-refractivity contribution in [1.82, 2.24) is 9.78 Å². The summed E-state index contributed by atoms with van der Waals surface area (Å²) in [5, 5.41) is 13.9. The zero-order valence-corrected chi connectivity index (χ0v) is 11.4. The van der Waals surface area contributed by atoms with Gasteiger partial charge in [-0.3, -0.25) is 4.68 Å². The Morgan fingerprint density at radius 1 is 1.65 bits per heavy atom. The summed E-state index contributed by atoms with van der Waals surface area (Å²) in [6, 6.07) is 1.79. The quantitative estimate of drug-likeness (QED) is 0.861. The van der Waals surface area contributed by atoms with Crippen LogP contribution in [0, 0.1) is 5.92 Å². The van der Waals surface area contributed by atoms with Gasteiger partial charge in [0.2, 0.25) is 0 Å². The van der Waals surface area contributed by atoms with Crippen molar-refractivity contribution in [2.45, 2.75) is 25.7 Å². The number of methoxy groups -OCH3 is 1. The van der Waals surface area contributed by atoms with Crippen molar-refractivity contribution < 1.29 is 14.6 Å². The van der Waals surface area contributed by atoms with Crippen LogP contribution in [0.15, 0.2) is 10.7 Å². The van der Waals surface area contributed by atoms with E-state index in [0.29, 0.717) is 11.6 Å². The van der Waals surface area contributed by atoms with Gasteiger partial charge in [-0.2, -0.15) is 5.10 Å². The van der Waals surface area contributed by atoms with Gasteiger partial charge in [-0.25, -0.2) is 0 Å². The third-order valence-electron chi connectivity index (χ3n) is 3.00. The molecule has 5 nitrogen and oxygen atoms in total. The molecule has 2 rings (SSSR count). The smallest absolute Gasteiger partial charge is 0.200 e. The predicted molar refractivity (Wildman–Crippen MR) is 65.4 cm³/mol. The van der Waals surface area contributed by atoms with E-state index in [1.807, 2.05) is 4.68 Å². The van der Waals surface area contributed by atoms with E-state index in [1.165, 1.54) is 7.11 Å². The average Bonchev–Trinajstić information content (AvgIpc) is 2.71. The topological polar surface area (TPSA) is 56.5 Å². The molecule has 1 saturated heterocycles. The molecule has 1 N–H and O–H groups in total. The summed E-state index contributed by atoms with van der Waals surface area (Å²) >= 11 is 3.44. The molecule has 1 unspecified atom stereocenters. The van der Waals surface area contributed by atoms with Gasteiger partial charge in [0, 0.05) is 26.9 Å². The Morgan fingerprint density at radius 3 is 3.00 bits per heavy atom. The second kappa shape index (κ2) is 5.95. The Bertz CT molecular complexity index is 364. The minimum absolute atomic E-state index is 0.534. The van der Waals surface area contributed by atoms with Gasteiger partial charge in [-0.15, -0.1) is 0 Å². The van der Waals surface area contributed by atoms with Crippen molar-refractivity contribution in [3.05, 3.63) is 16.4 Å². The molecule has 17 heavy (non-hydrogen) atoms. The van der Waals surface area contributed by atoms with Gasteiger partial charge in [-0.1, -0.05) is 0 Å². The zero-order chi connectivity index (χ0) is 12.3. The summed E-state index contributed by atoms with van der Waals surface area (Å²) in [6.07, 6.45) is 1.17. The van der Waals surface area contributed by atoms with E-state index in [0.717, 1.165) is 37.2 Å². The molecule has 2 heterocycles.